The molecule has 78 valence electrons. The lowest BCUT2D eigenvalue weighted by molar-refractivity contribution is 0.737. The Bertz CT molecular complexity index is 573. The normalized spacial score (nSPS) is 21.2. The molecule has 0 amide bonds. The van der Waals surface area contributed by atoms with E-state index in [1.807, 2.05) is 0 Å². The lowest BCUT2D eigenvalue weighted by Crippen LogP contribution is -2.06. The van der Waals surface area contributed by atoms with Crippen LogP contribution in [0.25, 0.3) is 11.6 Å². The fraction of sp³-hybridized carbons (Fsp3) is 0.267. The van der Waals surface area contributed by atoms with E-state index >= 15 is 0 Å². The monoisotopic (exact) mass is 207 g/mol. The highest BCUT2D eigenvalue weighted by molar-refractivity contribution is 6.17. The largest absolute Gasteiger partial charge is 0.252 e. The van der Waals surface area contributed by atoms with Gasteiger partial charge in [0.15, 0.2) is 0 Å². The second-order valence-corrected chi connectivity index (χ2v) is 4.74. The third-order valence-corrected chi connectivity index (χ3v) is 3.77. The minimum atomic E-state index is 1.18. The first-order valence-electron chi connectivity index (χ1n) is 6.06. The molecule has 1 nitrogen and oxygen atoms in total. The predicted molar refractivity (Wildman–Crippen MR) is 67.2 cm³/mol. The molecule has 4 rings (SSSR count). The number of hydrogen-bond acceptors (Lipinski definition) is 1. The van der Waals surface area contributed by atoms with Crippen LogP contribution in [0.2, 0.25) is 0 Å². The maximum atomic E-state index is 4.79. The van der Waals surface area contributed by atoms with Crippen molar-refractivity contribution in [1.29, 1.82) is 0 Å². The van der Waals surface area contributed by atoms with Gasteiger partial charge in [0, 0.05) is 11.3 Å². The molecule has 0 unspecified atom stereocenters. The van der Waals surface area contributed by atoms with Gasteiger partial charge >= 0.3 is 0 Å². The molecular weight excluding hydrogens is 194 g/mol. The molecule has 0 aromatic heterocycles. The van der Waals surface area contributed by atoms with Crippen LogP contribution in [0.4, 0.5) is 0 Å². The number of fused-ring (bicyclic) bond motifs is 4. The smallest absolute Gasteiger partial charge is 0.0721 e. The van der Waals surface area contributed by atoms with Crippen molar-refractivity contribution in [2.45, 2.75) is 25.7 Å². The predicted octanol–water partition coefficient (Wildman–Crippen LogP) is 3.82. The van der Waals surface area contributed by atoms with Crippen molar-refractivity contribution in [2.24, 2.45) is 4.99 Å². The van der Waals surface area contributed by atoms with Crippen LogP contribution < -0.4 is 0 Å². The van der Waals surface area contributed by atoms with Gasteiger partial charge in [0.05, 0.1) is 5.70 Å². The van der Waals surface area contributed by atoms with E-state index in [1.54, 1.807) is 0 Å². The summed E-state index contributed by atoms with van der Waals surface area (Å²) in [5.41, 5.74) is 8.28. The zero-order valence-corrected chi connectivity index (χ0v) is 9.16. The van der Waals surface area contributed by atoms with Crippen molar-refractivity contribution >= 4 is 17.4 Å². The molecule has 0 saturated heterocycles. The molecule has 2 aliphatic carbocycles. The van der Waals surface area contributed by atoms with E-state index in [0.717, 1.165) is 0 Å². The van der Waals surface area contributed by atoms with Crippen molar-refractivity contribution in [3.05, 3.63) is 46.7 Å². The zero-order valence-electron chi connectivity index (χ0n) is 9.16. The molecular formula is C15H13N. The lowest BCUT2D eigenvalue weighted by atomic mass is 9.89. The standard InChI is InChI=1S/C15H13N/c1-2-6-11-10(5-1)9-14-15(11)12-7-3-4-8-13(12)16-14/h1-2,5-6,9H,3-4,7-8H2. The van der Waals surface area contributed by atoms with Crippen LogP contribution in [0.15, 0.2) is 40.5 Å². The van der Waals surface area contributed by atoms with Gasteiger partial charge in [-0.25, -0.2) is 0 Å². The van der Waals surface area contributed by atoms with E-state index < -0.39 is 0 Å². The van der Waals surface area contributed by atoms with Crippen LogP contribution in [-0.2, 0) is 0 Å². The Morgan fingerprint density at radius 3 is 2.88 bits per heavy atom. The maximum Gasteiger partial charge on any atom is 0.0721 e. The molecule has 16 heavy (non-hydrogen) atoms. The van der Waals surface area contributed by atoms with Gasteiger partial charge in [0.2, 0.25) is 0 Å². The van der Waals surface area contributed by atoms with Gasteiger partial charge in [0.1, 0.15) is 0 Å². The van der Waals surface area contributed by atoms with E-state index in [4.69, 9.17) is 4.99 Å². The first-order chi connectivity index (χ1) is 7.93. The summed E-state index contributed by atoms with van der Waals surface area (Å²) < 4.78 is 0. The van der Waals surface area contributed by atoms with Crippen molar-refractivity contribution in [1.82, 2.24) is 0 Å². The molecule has 0 radical (unpaired) electrons. The van der Waals surface area contributed by atoms with Crippen molar-refractivity contribution in [3.8, 4) is 0 Å². The van der Waals surface area contributed by atoms with Gasteiger partial charge in [-0.15, -0.1) is 0 Å². The molecule has 0 spiro atoms. The second kappa shape index (κ2) is 2.94. The van der Waals surface area contributed by atoms with E-state index in [2.05, 4.69) is 30.3 Å². The second-order valence-electron chi connectivity index (χ2n) is 4.74. The van der Waals surface area contributed by atoms with Gasteiger partial charge < -0.3 is 0 Å². The fourth-order valence-corrected chi connectivity index (χ4v) is 3.04. The molecule has 1 heterocycles. The lowest BCUT2D eigenvalue weighted by Gasteiger charge is -2.14. The van der Waals surface area contributed by atoms with E-state index in [1.165, 1.54) is 59.4 Å². The summed E-state index contributed by atoms with van der Waals surface area (Å²) in [5, 5.41) is 0. The Morgan fingerprint density at radius 2 is 1.88 bits per heavy atom. The highest BCUT2D eigenvalue weighted by atomic mass is 14.8. The van der Waals surface area contributed by atoms with E-state index in [-0.39, 0.29) is 0 Å². The topological polar surface area (TPSA) is 12.4 Å². The molecule has 0 bridgehead atoms. The number of rotatable bonds is 0. The quantitative estimate of drug-likeness (QED) is 0.613. The molecule has 1 aromatic rings. The highest BCUT2D eigenvalue weighted by Crippen LogP contribution is 2.45. The highest BCUT2D eigenvalue weighted by Gasteiger charge is 2.30. The SMILES string of the molecule is C1=C2N=C3CCCCC3=C2c2ccccc21. The van der Waals surface area contributed by atoms with Gasteiger partial charge in [-0.05, 0) is 48.5 Å². The van der Waals surface area contributed by atoms with Crippen LogP contribution in [0.5, 0.6) is 0 Å². The molecule has 1 fully saturated rings. The zero-order chi connectivity index (χ0) is 10.5. The number of hydrogen-bond donors (Lipinski definition) is 0. The maximum absolute atomic E-state index is 4.79. The summed E-state index contributed by atoms with van der Waals surface area (Å²) in [7, 11) is 0. The Morgan fingerprint density at radius 1 is 1.00 bits per heavy atom. The van der Waals surface area contributed by atoms with Crippen molar-refractivity contribution in [3.63, 3.8) is 0 Å². The van der Waals surface area contributed by atoms with Gasteiger partial charge in [0.25, 0.3) is 0 Å². The minimum absolute atomic E-state index is 1.18. The van der Waals surface area contributed by atoms with Crippen LogP contribution in [0.3, 0.4) is 0 Å². The Hall–Kier alpha value is -1.63. The van der Waals surface area contributed by atoms with Crippen LogP contribution in [-0.4, -0.2) is 5.71 Å². The number of benzene rings is 1. The summed E-state index contributed by atoms with van der Waals surface area (Å²) in [4.78, 5) is 4.79. The summed E-state index contributed by atoms with van der Waals surface area (Å²) in [6.07, 6.45) is 7.28. The van der Waals surface area contributed by atoms with E-state index in [0.29, 0.717) is 0 Å². The summed E-state index contributed by atoms with van der Waals surface area (Å²) in [6, 6.07) is 8.65. The summed E-state index contributed by atoms with van der Waals surface area (Å²) in [5.74, 6) is 0. The number of nitrogens with zero attached hydrogens (tertiary/aromatic N) is 1. The Labute approximate surface area is 95.2 Å². The van der Waals surface area contributed by atoms with E-state index in [9.17, 15) is 0 Å². The summed E-state index contributed by atoms with van der Waals surface area (Å²) >= 11 is 0. The third kappa shape index (κ3) is 0.981. The van der Waals surface area contributed by atoms with Gasteiger partial charge in [-0.2, -0.15) is 0 Å². The van der Waals surface area contributed by atoms with Gasteiger partial charge in [-0.3, -0.25) is 4.99 Å². The average Bonchev–Trinajstić information content (AvgIpc) is 2.83. The number of aliphatic imine (C=N–C) groups is 1. The van der Waals surface area contributed by atoms with Gasteiger partial charge in [-0.1, -0.05) is 24.3 Å². The average molecular weight is 207 g/mol. The molecule has 1 saturated carbocycles. The first-order valence-corrected chi connectivity index (χ1v) is 6.06. The third-order valence-electron chi connectivity index (χ3n) is 3.77. The molecule has 0 atom stereocenters. The van der Waals surface area contributed by atoms with Crippen molar-refractivity contribution in [2.75, 3.05) is 0 Å². The van der Waals surface area contributed by atoms with Crippen LogP contribution in [0, 0.1) is 0 Å². The molecule has 3 aliphatic rings. The Balaban J connectivity index is 1.97. The molecule has 1 aromatic carbocycles. The molecule has 1 heteroatoms. The number of allylic oxidation sites excluding steroid dienone is 2. The fourth-order valence-electron chi connectivity index (χ4n) is 3.04. The first kappa shape index (κ1) is 8.51. The minimum Gasteiger partial charge on any atom is -0.252 e. The van der Waals surface area contributed by atoms with Crippen LogP contribution >= 0.6 is 0 Å². The Kier molecular flexibility index (Phi) is 1.57. The van der Waals surface area contributed by atoms with Crippen molar-refractivity contribution < 1.29 is 0 Å². The molecule has 0 N–H and O–H groups in total. The summed E-state index contributed by atoms with van der Waals surface area (Å²) in [6.45, 7) is 0. The molecule has 1 aliphatic heterocycles. The van der Waals surface area contributed by atoms with Crippen LogP contribution in [0.1, 0.15) is 36.8 Å².